The Kier molecular flexibility index (Phi) is 4.69. The van der Waals surface area contributed by atoms with Gasteiger partial charge in [0.05, 0.1) is 0 Å². The maximum Gasteiger partial charge on any atom is 0.182 e. The maximum absolute atomic E-state index is 11.4. The second-order valence-corrected chi connectivity index (χ2v) is 3.43. The topological polar surface area (TPSA) is 66.5 Å². The summed E-state index contributed by atoms with van der Waals surface area (Å²) in [5.41, 5.74) is 0.748. The van der Waals surface area contributed by atoms with Crippen molar-refractivity contribution in [2.24, 2.45) is 0 Å². The molecule has 1 aromatic rings. The van der Waals surface area contributed by atoms with Gasteiger partial charge in [0, 0.05) is 5.56 Å². The first-order valence-electron chi connectivity index (χ1n) is 4.96. The number of benzene rings is 1. The van der Waals surface area contributed by atoms with E-state index in [2.05, 4.69) is 6.58 Å². The van der Waals surface area contributed by atoms with Crippen molar-refractivity contribution < 1.29 is 15.0 Å². The van der Waals surface area contributed by atoms with Crippen LogP contribution in [0.15, 0.2) is 43.0 Å². The molecule has 0 bridgehead atoms. The fourth-order valence-corrected chi connectivity index (χ4v) is 1.21. The summed E-state index contributed by atoms with van der Waals surface area (Å²) >= 11 is 0. The van der Waals surface area contributed by atoms with Crippen LogP contribution in [0.4, 0.5) is 0 Å². The zero-order valence-electron chi connectivity index (χ0n) is 8.86. The lowest BCUT2D eigenvalue weighted by Gasteiger charge is -2.13. The first kappa shape index (κ1) is 12.4. The van der Waals surface area contributed by atoms with Gasteiger partial charge in [-0.15, -0.1) is 6.58 Å². The van der Waals surface area contributed by atoms with Crippen molar-refractivity contribution in [3.05, 3.63) is 53.8 Å². The molecule has 0 spiro atoms. The van der Waals surface area contributed by atoms with Crippen molar-refractivity contribution in [1.82, 2.24) is 0 Å². The van der Waals surface area contributed by atoms with Gasteiger partial charge in [0.15, 0.2) is 12.8 Å². The summed E-state index contributed by atoms with van der Waals surface area (Å²) in [5, 5.41) is 30.0. The van der Waals surface area contributed by atoms with Gasteiger partial charge in [-0.1, -0.05) is 24.3 Å². The van der Waals surface area contributed by atoms with Gasteiger partial charge in [0.2, 0.25) is 0 Å². The molecule has 0 aliphatic carbocycles. The lowest BCUT2D eigenvalue weighted by atomic mass is 10.2. The minimum absolute atomic E-state index is 0.192. The van der Waals surface area contributed by atoms with E-state index in [1.54, 1.807) is 12.1 Å². The number of hydrogen-bond acceptors (Lipinski definition) is 3. The van der Waals surface area contributed by atoms with Crippen LogP contribution in [0, 0.1) is 5.21 Å². The van der Waals surface area contributed by atoms with E-state index in [1.165, 1.54) is 12.3 Å². The Morgan fingerprint density at radius 1 is 1.31 bits per heavy atom. The Labute approximate surface area is 94.4 Å². The highest BCUT2D eigenvalue weighted by Crippen LogP contribution is 1.97. The van der Waals surface area contributed by atoms with Crippen LogP contribution >= 0.6 is 0 Å². The molecular formula is C12H15NO3. The van der Waals surface area contributed by atoms with Crippen LogP contribution in [0.2, 0.25) is 0 Å². The third-order valence-electron chi connectivity index (χ3n) is 2.10. The van der Waals surface area contributed by atoms with Crippen molar-refractivity contribution in [3.63, 3.8) is 0 Å². The zero-order chi connectivity index (χ0) is 12.0. The second kappa shape index (κ2) is 6.05. The molecule has 0 aliphatic heterocycles. The van der Waals surface area contributed by atoms with Crippen molar-refractivity contribution in [3.8, 4) is 0 Å². The minimum Gasteiger partial charge on any atom is -0.624 e. The highest BCUT2D eigenvalue weighted by Gasteiger charge is 2.16. The van der Waals surface area contributed by atoms with Crippen LogP contribution in [0.1, 0.15) is 5.56 Å². The van der Waals surface area contributed by atoms with Gasteiger partial charge in [-0.3, -0.25) is 0 Å². The molecule has 0 heterocycles. The number of nitrogens with zero attached hydrogens (tertiary/aromatic N) is 1. The van der Waals surface area contributed by atoms with Crippen LogP contribution in [0.3, 0.4) is 0 Å². The molecule has 0 aliphatic rings. The molecule has 2 atom stereocenters. The number of aliphatic hydroxyl groups is 2. The monoisotopic (exact) mass is 221 g/mol. The summed E-state index contributed by atoms with van der Waals surface area (Å²) in [6.45, 7) is 3.14. The summed E-state index contributed by atoms with van der Waals surface area (Å²) in [7, 11) is 0. The Balaban J connectivity index is 2.62. The van der Waals surface area contributed by atoms with Crippen LogP contribution in [0.25, 0.3) is 0 Å². The maximum atomic E-state index is 11.4. The van der Waals surface area contributed by atoms with Crippen LogP contribution < -0.4 is 0 Å². The van der Waals surface area contributed by atoms with E-state index in [0.717, 1.165) is 5.56 Å². The van der Waals surface area contributed by atoms with Gasteiger partial charge in [0.25, 0.3) is 0 Å². The molecule has 0 saturated carbocycles. The number of rotatable bonds is 5. The fraction of sp³-hybridized carbons (Fsp3) is 0.250. The van der Waals surface area contributed by atoms with Gasteiger partial charge in [-0.25, -0.2) is 4.74 Å². The van der Waals surface area contributed by atoms with Crippen molar-refractivity contribution >= 4 is 6.21 Å². The SMILES string of the molecule is C=C[C@H](O)[C@H](O)C/[N+]([O-])=C/c1ccccc1. The number of aliphatic hydroxyl groups excluding tert-OH is 2. The summed E-state index contributed by atoms with van der Waals surface area (Å²) in [4.78, 5) is 0. The van der Waals surface area contributed by atoms with E-state index in [-0.39, 0.29) is 6.54 Å². The molecule has 4 nitrogen and oxygen atoms in total. The Hall–Kier alpha value is -1.65. The van der Waals surface area contributed by atoms with Crippen LogP contribution in [-0.2, 0) is 0 Å². The van der Waals surface area contributed by atoms with Crippen LogP contribution in [-0.4, -0.2) is 39.9 Å². The molecule has 0 amide bonds. The van der Waals surface area contributed by atoms with Gasteiger partial charge in [0.1, 0.15) is 12.2 Å². The van der Waals surface area contributed by atoms with Gasteiger partial charge < -0.3 is 15.4 Å². The lowest BCUT2D eigenvalue weighted by molar-refractivity contribution is -0.465. The molecule has 0 saturated heterocycles. The summed E-state index contributed by atoms with van der Waals surface area (Å²) in [6, 6.07) is 9.04. The predicted octanol–water partition coefficient (Wildman–Crippen LogP) is 0.524. The molecule has 4 heteroatoms. The molecule has 0 fully saturated rings. The molecule has 0 unspecified atom stereocenters. The Morgan fingerprint density at radius 2 is 1.94 bits per heavy atom. The van der Waals surface area contributed by atoms with Gasteiger partial charge >= 0.3 is 0 Å². The Morgan fingerprint density at radius 3 is 2.50 bits per heavy atom. The molecule has 0 aromatic heterocycles. The van der Waals surface area contributed by atoms with E-state index in [1.807, 2.05) is 18.2 Å². The van der Waals surface area contributed by atoms with E-state index in [4.69, 9.17) is 0 Å². The smallest absolute Gasteiger partial charge is 0.182 e. The van der Waals surface area contributed by atoms with E-state index in [9.17, 15) is 15.4 Å². The average Bonchev–Trinajstić information content (AvgIpc) is 2.29. The molecule has 1 aromatic carbocycles. The summed E-state index contributed by atoms with van der Waals surface area (Å²) < 4.78 is 0.590. The third-order valence-corrected chi connectivity index (χ3v) is 2.10. The third kappa shape index (κ3) is 3.84. The first-order valence-corrected chi connectivity index (χ1v) is 4.96. The minimum atomic E-state index is -1.13. The van der Waals surface area contributed by atoms with Crippen molar-refractivity contribution in [2.45, 2.75) is 12.2 Å². The largest absolute Gasteiger partial charge is 0.624 e. The lowest BCUT2D eigenvalue weighted by Crippen LogP contribution is -2.32. The molecule has 2 N–H and O–H groups in total. The van der Waals surface area contributed by atoms with Gasteiger partial charge in [-0.05, 0) is 12.1 Å². The fourth-order valence-electron chi connectivity index (χ4n) is 1.21. The number of hydroxylamine groups is 1. The standard InChI is InChI=1S/C12H15NO3/c1-2-11(14)12(15)9-13(16)8-10-6-4-3-5-7-10/h2-8,11-12,14-15H,1,9H2/b13-8-/t11-,12+/m0/s1. The molecular weight excluding hydrogens is 206 g/mol. The summed E-state index contributed by atoms with van der Waals surface area (Å²) in [6.07, 6.45) is 0.343. The number of hydrogen-bond donors (Lipinski definition) is 2. The highest BCUT2D eigenvalue weighted by molar-refractivity contribution is 5.75. The van der Waals surface area contributed by atoms with Crippen LogP contribution in [0.5, 0.6) is 0 Å². The molecule has 0 radical (unpaired) electrons. The normalized spacial score (nSPS) is 15.5. The molecule has 16 heavy (non-hydrogen) atoms. The molecule has 1 rings (SSSR count). The van der Waals surface area contributed by atoms with Crippen molar-refractivity contribution in [1.29, 1.82) is 0 Å². The average molecular weight is 221 g/mol. The first-order chi connectivity index (χ1) is 7.63. The van der Waals surface area contributed by atoms with E-state index >= 15 is 0 Å². The van der Waals surface area contributed by atoms with Gasteiger partial charge in [-0.2, -0.15) is 0 Å². The summed E-state index contributed by atoms with van der Waals surface area (Å²) in [5.74, 6) is 0. The van der Waals surface area contributed by atoms with Crippen molar-refractivity contribution in [2.75, 3.05) is 6.54 Å². The quantitative estimate of drug-likeness (QED) is 0.250. The van der Waals surface area contributed by atoms with E-state index < -0.39 is 12.2 Å². The highest BCUT2D eigenvalue weighted by atomic mass is 16.5. The second-order valence-electron chi connectivity index (χ2n) is 3.43. The Bertz CT molecular complexity index is 362. The predicted molar refractivity (Wildman–Crippen MR) is 62.3 cm³/mol. The van der Waals surface area contributed by atoms with E-state index in [0.29, 0.717) is 4.74 Å². The molecule has 86 valence electrons. The zero-order valence-corrected chi connectivity index (χ0v) is 8.86.